The van der Waals surface area contributed by atoms with Gasteiger partial charge in [0.1, 0.15) is 0 Å². The highest BCUT2D eigenvalue weighted by Crippen LogP contribution is 2.18. The first-order valence-electron chi connectivity index (χ1n) is 5.82. The van der Waals surface area contributed by atoms with Crippen molar-refractivity contribution in [3.8, 4) is 0 Å². The van der Waals surface area contributed by atoms with E-state index in [9.17, 15) is 4.79 Å². The van der Waals surface area contributed by atoms with E-state index in [1.54, 1.807) is 5.01 Å². The van der Waals surface area contributed by atoms with E-state index >= 15 is 0 Å². The zero-order chi connectivity index (χ0) is 12.3. The number of benzene rings is 1. The van der Waals surface area contributed by atoms with Crippen LogP contribution in [0, 0.1) is 0 Å². The summed E-state index contributed by atoms with van der Waals surface area (Å²) in [6.07, 6.45) is 0. The minimum Gasteiger partial charge on any atom is -0.350 e. The van der Waals surface area contributed by atoms with Gasteiger partial charge in [-0.25, -0.2) is 14.8 Å². The quantitative estimate of drug-likeness (QED) is 0.795. The predicted octanol–water partition coefficient (Wildman–Crippen LogP) is 0.780. The number of anilines is 1. The summed E-state index contributed by atoms with van der Waals surface area (Å²) in [5.74, 6) is 0. The molecule has 5 nitrogen and oxygen atoms in total. The van der Waals surface area contributed by atoms with E-state index in [2.05, 4.69) is 12.2 Å². The number of carbonyl (C=O) groups is 1. The van der Waals surface area contributed by atoms with Crippen LogP contribution in [0.15, 0.2) is 30.3 Å². The number of para-hydroxylation sites is 1. The molecule has 1 atom stereocenters. The second-order valence-electron chi connectivity index (χ2n) is 4.20. The number of piperazine rings is 1. The molecule has 0 aromatic heterocycles. The van der Waals surface area contributed by atoms with Crippen molar-refractivity contribution in [2.24, 2.45) is 5.73 Å². The van der Waals surface area contributed by atoms with Crippen LogP contribution < -0.4 is 16.1 Å². The number of hydrogen-bond donors (Lipinski definition) is 2. The molecular formula is C12H18N4O. The zero-order valence-electron chi connectivity index (χ0n) is 9.97. The number of rotatable bonds is 2. The minimum absolute atomic E-state index is 0.247. The molecule has 1 fully saturated rings. The van der Waals surface area contributed by atoms with Crippen molar-refractivity contribution in [2.45, 2.75) is 13.0 Å². The highest BCUT2D eigenvalue weighted by Gasteiger charge is 2.27. The molecule has 0 saturated carbocycles. The van der Waals surface area contributed by atoms with Gasteiger partial charge in [0, 0.05) is 25.7 Å². The number of hydrazine groups is 1. The molecule has 1 heterocycles. The normalized spacial score (nSPS) is 21.1. The number of urea groups is 1. The summed E-state index contributed by atoms with van der Waals surface area (Å²) in [4.78, 5) is 11.6. The third-order valence-corrected chi connectivity index (χ3v) is 2.93. The van der Waals surface area contributed by atoms with Crippen molar-refractivity contribution in [1.82, 2.24) is 10.3 Å². The Hall–Kier alpha value is -1.59. The molecule has 17 heavy (non-hydrogen) atoms. The van der Waals surface area contributed by atoms with Gasteiger partial charge in [-0.2, -0.15) is 0 Å². The number of nitrogens with two attached hydrogens (primary N) is 1. The van der Waals surface area contributed by atoms with E-state index in [0.717, 1.165) is 25.3 Å². The smallest absolute Gasteiger partial charge is 0.334 e. The van der Waals surface area contributed by atoms with E-state index in [1.165, 1.54) is 0 Å². The first kappa shape index (κ1) is 11.9. The summed E-state index contributed by atoms with van der Waals surface area (Å²) < 4.78 is 0. The number of nitrogens with zero attached hydrogens (tertiary/aromatic N) is 2. The van der Waals surface area contributed by atoms with Gasteiger partial charge in [-0.1, -0.05) is 18.2 Å². The Morgan fingerprint density at radius 3 is 2.76 bits per heavy atom. The first-order valence-corrected chi connectivity index (χ1v) is 5.82. The molecule has 1 saturated heterocycles. The van der Waals surface area contributed by atoms with E-state index < -0.39 is 6.03 Å². The summed E-state index contributed by atoms with van der Waals surface area (Å²) in [5.41, 5.74) is 6.30. The Bertz CT molecular complexity index is 381. The fourth-order valence-corrected chi connectivity index (χ4v) is 2.10. The molecule has 5 heteroatoms. The third-order valence-electron chi connectivity index (χ3n) is 2.93. The summed E-state index contributed by atoms with van der Waals surface area (Å²) in [5, 5.41) is 6.86. The molecule has 1 aromatic rings. The van der Waals surface area contributed by atoms with Gasteiger partial charge in [0.05, 0.1) is 5.69 Å². The Kier molecular flexibility index (Phi) is 3.61. The van der Waals surface area contributed by atoms with Gasteiger partial charge in [0.25, 0.3) is 0 Å². The van der Waals surface area contributed by atoms with Crippen LogP contribution in [0.25, 0.3) is 0 Å². The van der Waals surface area contributed by atoms with Crippen LogP contribution in [0.4, 0.5) is 10.5 Å². The highest BCUT2D eigenvalue weighted by atomic mass is 16.2. The van der Waals surface area contributed by atoms with Crippen molar-refractivity contribution in [3.05, 3.63) is 30.3 Å². The second kappa shape index (κ2) is 5.16. The molecule has 3 N–H and O–H groups in total. The third kappa shape index (κ3) is 2.57. The lowest BCUT2D eigenvalue weighted by molar-refractivity contribution is 0.158. The van der Waals surface area contributed by atoms with Crippen LogP contribution in [-0.4, -0.2) is 36.7 Å². The number of hydrogen-bond acceptors (Lipinski definition) is 3. The Balaban J connectivity index is 2.26. The molecule has 1 unspecified atom stereocenters. The first-order chi connectivity index (χ1) is 8.20. The Labute approximate surface area is 101 Å². The lowest BCUT2D eigenvalue weighted by atomic mass is 10.2. The van der Waals surface area contributed by atoms with Crippen molar-refractivity contribution in [1.29, 1.82) is 0 Å². The molecule has 0 aliphatic carbocycles. The summed E-state index contributed by atoms with van der Waals surface area (Å²) >= 11 is 0. The Morgan fingerprint density at radius 2 is 2.18 bits per heavy atom. The average molecular weight is 234 g/mol. The van der Waals surface area contributed by atoms with Crippen LogP contribution in [-0.2, 0) is 0 Å². The predicted molar refractivity (Wildman–Crippen MR) is 67.5 cm³/mol. The van der Waals surface area contributed by atoms with Crippen molar-refractivity contribution in [3.63, 3.8) is 0 Å². The topological polar surface area (TPSA) is 61.6 Å². The molecular weight excluding hydrogens is 216 g/mol. The van der Waals surface area contributed by atoms with Crippen LogP contribution in [0.5, 0.6) is 0 Å². The molecule has 92 valence electrons. The standard InChI is InChI=1S/C12H18N4O/c1-10-9-14-7-8-15(10)16(12(13)17)11-5-3-2-4-6-11/h2-6,10,14H,7-9H2,1H3,(H2,13,17). The van der Waals surface area contributed by atoms with Gasteiger partial charge >= 0.3 is 6.03 Å². The SMILES string of the molecule is CC1CNCCN1N(C(N)=O)c1ccccc1. The molecule has 1 aromatic carbocycles. The highest BCUT2D eigenvalue weighted by molar-refractivity contribution is 5.89. The van der Waals surface area contributed by atoms with Gasteiger partial charge < -0.3 is 11.1 Å². The van der Waals surface area contributed by atoms with Crippen molar-refractivity contribution < 1.29 is 4.79 Å². The summed E-state index contributed by atoms with van der Waals surface area (Å²) in [7, 11) is 0. The van der Waals surface area contributed by atoms with E-state index in [-0.39, 0.29) is 6.04 Å². The number of primary amides is 1. The van der Waals surface area contributed by atoms with Crippen LogP contribution in [0.2, 0.25) is 0 Å². The molecule has 2 amide bonds. The van der Waals surface area contributed by atoms with Gasteiger partial charge in [0.2, 0.25) is 0 Å². The van der Waals surface area contributed by atoms with Gasteiger partial charge in [-0.3, -0.25) is 0 Å². The van der Waals surface area contributed by atoms with Gasteiger partial charge in [-0.05, 0) is 19.1 Å². The molecule has 1 aliphatic rings. The zero-order valence-corrected chi connectivity index (χ0v) is 9.97. The fourth-order valence-electron chi connectivity index (χ4n) is 2.10. The average Bonchev–Trinajstić information content (AvgIpc) is 2.33. The lowest BCUT2D eigenvalue weighted by Gasteiger charge is -2.40. The maximum atomic E-state index is 11.6. The molecule has 0 bridgehead atoms. The Morgan fingerprint density at radius 1 is 1.47 bits per heavy atom. The van der Waals surface area contributed by atoms with Gasteiger partial charge in [-0.15, -0.1) is 0 Å². The monoisotopic (exact) mass is 234 g/mol. The van der Waals surface area contributed by atoms with Gasteiger partial charge in [0.15, 0.2) is 0 Å². The molecule has 2 rings (SSSR count). The molecule has 0 spiro atoms. The summed E-state index contributed by atoms with van der Waals surface area (Å²) in [6, 6.07) is 9.31. The van der Waals surface area contributed by atoms with E-state index in [0.29, 0.717) is 0 Å². The minimum atomic E-state index is -0.440. The van der Waals surface area contributed by atoms with Crippen LogP contribution in [0.3, 0.4) is 0 Å². The molecule has 1 aliphatic heterocycles. The number of nitrogens with one attached hydrogen (secondary N) is 1. The fraction of sp³-hybridized carbons (Fsp3) is 0.417. The number of amides is 2. The number of carbonyl (C=O) groups excluding carboxylic acids is 1. The second-order valence-corrected chi connectivity index (χ2v) is 4.20. The van der Waals surface area contributed by atoms with Crippen LogP contribution in [0.1, 0.15) is 6.92 Å². The maximum Gasteiger partial charge on any atom is 0.334 e. The van der Waals surface area contributed by atoms with Crippen molar-refractivity contribution >= 4 is 11.7 Å². The van der Waals surface area contributed by atoms with E-state index in [4.69, 9.17) is 5.73 Å². The largest absolute Gasteiger partial charge is 0.350 e. The summed E-state index contributed by atoms with van der Waals surface area (Å²) in [6.45, 7) is 4.57. The maximum absolute atomic E-state index is 11.6. The van der Waals surface area contributed by atoms with E-state index in [1.807, 2.05) is 35.3 Å². The molecule has 0 radical (unpaired) electrons. The van der Waals surface area contributed by atoms with Crippen molar-refractivity contribution in [2.75, 3.05) is 24.6 Å². The van der Waals surface area contributed by atoms with Crippen LogP contribution >= 0.6 is 0 Å². The lowest BCUT2D eigenvalue weighted by Crippen LogP contribution is -2.60.